The van der Waals surface area contributed by atoms with Gasteiger partial charge in [0, 0.05) is 50.9 Å². The van der Waals surface area contributed by atoms with Crippen molar-refractivity contribution in [2.45, 2.75) is 63.7 Å². The van der Waals surface area contributed by atoms with Crippen LogP contribution in [0, 0.1) is 29.1 Å². The molecule has 6 unspecified atom stereocenters. The number of hydrogen-bond acceptors (Lipinski definition) is 3. The number of anilines is 9. The number of fused-ring (bicyclic) bond motifs is 7. The fourth-order valence-corrected chi connectivity index (χ4v) is 15.2. The van der Waals surface area contributed by atoms with Crippen molar-refractivity contribution in [3.8, 4) is 0 Å². The molecule has 7 aromatic carbocycles. The highest BCUT2D eigenvalue weighted by Gasteiger charge is 2.80. The van der Waals surface area contributed by atoms with Gasteiger partial charge in [0.1, 0.15) is 0 Å². The van der Waals surface area contributed by atoms with Crippen LogP contribution in [-0.4, -0.2) is 6.71 Å². The van der Waals surface area contributed by atoms with E-state index in [1.54, 1.807) is 11.1 Å². The van der Waals surface area contributed by atoms with E-state index in [2.05, 4.69) is 199 Å². The summed E-state index contributed by atoms with van der Waals surface area (Å²) < 4.78 is 0. The Labute approximate surface area is 360 Å². The van der Waals surface area contributed by atoms with E-state index in [0.717, 1.165) is 35.0 Å². The van der Waals surface area contributed by atoms with Crippen molar-refractivity contribution in [3.05, 3.63) is 180 Å². The molecule has 6 atom stereocenters. The van der Waals surface area contributed by atoms with Gasteiger partial charge in [-0.25, -0.2) is 0 Å². The highest BCUT2D eigenvalue weighted by Crippen LogP contribution is 2.85. The number of nitrogens with zero attached hydrogens (tertiary/aromatic N) is 3. The van der Waals surface area contributed by atoms with Gasteiger partial charge in [-0.1, -0.05) is 112 Å². The first-order valence-electron chi connectivity index (χ1n) is 23.0. The zero-order valence-corrected chi connectivity index (χ0v) is 35.4. The van der Waals surface area contributed by atoms with Crippen LogP contribution in [0.1, 0.15) is 69.6 Å². The van der Waals surface area contributed by atoms with Crippen molar-refractivity contribution in [3.63, 3.8) is 0 Å². The maximum absolute atomic E-state index is 2.73. The summed E-state index contributed by atoms with van der Waals surface area (Å²) >= 11 is 0. The lowest BCUT2D eigenvalue weighted by Gasteiger charge is -2.75. The smallest absolute Gasteiger partial charge is 0.252 e. The molecule has 15 rings (SSSR count). The Morgan fingerprint density at radius 1 is 0.525 bits per heavy atom. The molecule has 5 fully saturated rings. The molecule has 0 amide bonds. The molecule has 8 aliphatic rings. The minimum Gasteiger partial charge on any atom is -0.311 e. The zero-order valence-electron chi connectivity index (χ0n) is 35.4. The van der Waals surface area contributed by atoms with E-state index in [-0.39, 0.29) is 17.5 Å². The third kappa shape index (κ3) is 4.27. The summed E-state index contributed by atoms with van der Waals surface area (Å²) in [5, 5.41) is 0. The summed E-state index contributed by atoms with van der Waals surface area (Å²) in [6.45, 7) is 6.99. The predicted octanol–water partition coefficient (Wildman–Crippen LogP) is 12.6. The average molecular weight is 788 g/mol. The van der Waals surface area contributed by atoms with E-state index in [9.17, 15) is 0 Å². The summed E-state index contributed by atoms with van der Waals surface area (Å²) in [5.41, 5.74) is 20.8. The van der Waals surface area contributed by atoms with Crippen LogP contribution in [0.25, 0.3) is 0 Å². The molecule has 5 aliphatic carbocycles. The zero-order chi connectivity index (χ0) is 40.4. The number of rotatable bonds is 4. The van der Waals surface area contributed by atoms with Crippen LogP contribution in [0.5, 0.6) is 0 Å². The van der Waals surface area contributed by atoms with Gasteiger partial charge in [0.25, 0.3) is 6.71 Å². The normalized spacial score (nSPS) is 26.3. The quantitative estimate of drug-likeness (QED) is 0.165. The Morgan fingerprint density at radius 2 is 1.15 bits per heavy atom. The van der Waals surface area contributed by atoms with Crippen LogP contribution in [-0.2, 0) is 10.8 Å². The summed E-state index contributed by atoms with van der Waals surface area (Å²) in [5.74, 6) is 3.41. The lowest BCUT2D eigenvalue weighted by atomic mass is 9.27. The summed E-state index contributed by atoms with van der Waals surface area (Å²) in [6.07, 6.45) is 7.16. The maximum Gasteiger partial charge on any atom is 0.252 e. The highest BCUT2D eigenvalue weighted by molar-refractivity contribution is 7.00. The van der Waals surface area contributed by atoms with Crippen molar-refractivity contribution in [2.24, 2.45) is 29.1 Å². The van der Waals surface area contributed by atoms with Crippen LogP contribution < -0.4 is 31.1 Å². The molecule has 296 valence electrons. The molecule has 2 spiro atoms. The Hall–Kier alpha value is -6.00. The van der Waals surface area contributed by atoms with Gasteiger partial charge in [-0.05, 0) is 172 Å². The van der Waals surface area contributed by atoms with Crippen LogP contribution in [0.3, 0.4) is 0 Å². The molecule has 4 bridgehead atoms. The number of para-hydroxylation sites is 4. The molecule has 61 heavy (non-hydrogen) atoms. The van der Waals surface area contributed by atoms with Crippen LogP contribution >= 0.6 is 0 Å². The first-order valence-corrected chi connectivity index (χ1v) is 23.0. The molecule has 0 saturated heterocycles. The van der Waals surface area contributed by atoms with Crippen molar-refractivity contribution in [2.75, 3.05) is 14.7 Å². The highest BCUT2D eigenvalue weighted by atomic mass is 15.2. The summed E-state index contributed by atoms with van der Waals surface area (Å²) in [7, 11) is 0. The van der Waals surface area contributed by atoms with Crippen molar-refractivity contribution < 1.29 is 0 Å². The molecule has 0 radical (unpaired) electrons. The maximum atomic E-state index is 2.73. The molecule has 4 heteroatoms. The van der Waals surface area contributed by atoms with Gasteiger partial charge in [0.15, 0.2) is 0 Å². The standard InChI is InChI=1S/C57H50BN3/c1-55(2,3)38-24-26-41(27-25-38)60-50-29-28-42(59(39-14-6-4-7-15-39)40-16-8-5-9-17-40)33-48(50)58-47-20-12-19-44-54(47)61(52-23-13-22-51(60)53(52)58)49-21-11-10-18-43(49)57(44)46-32-37-30-36-31-45(46)56(57,34-36)35-37/h4-29,33,36-37,45-46H,30-32,34-35H2,1-3H3. The number of benzene rings is 7. The van der Waals surface area contributed by atoms with E-state index in [1.165, 1.54) is 93.9 Å². The lowest BCUT2D eigenvalue weighted by Crippen LogP contribution is -2.72. The van der Waals surface area contributed by atoms with E-state index in [0.29, 0.717) is 5.41 Å². The van der Waals surface area contributed by atoms with Gasteiger partial charge < -0.3 is 14.7 Å². The topological polar surface area (TPSA) is 9.72 Å². The monoisotopic (exact) mass is 787 g/mol. The fraction of sp³-hybridized carbons (Fsp3) is 0.263. The average Bonchev–Trinajstić information content (AvgIpc) is 3.44. The molecule has 3 aliphatic heterocycles. The van der Waals surface area contributed by atoms with Crippen LogP contribution in [0.15, 0.2) is 164 Å². The lowest BCUT2D eigenvalue weighted by molar-refractivity contribution is -0.178. The molecular weight excluding hydrogens is 737 g/mol. The van der Waals surface area contributed by atoms with Gasteiger partial charge >= 0.3 is 0 Å². The first kappa shape index (κ1) is 34.7. The van der Waals surface area contributed by atoms with Crippen LogP contribution in [0.2, 0.25) is 0 Å². The predicted molar refractivity (Wildman–Crippen MR) is 254 cm³/mol. The molecule has 5 saturated carbocycles. The molecule has 3 heterocycles. The van der Waals surface area contributed by atoms with E-state index in [4.69, 9.17) is 0 Å². The molecule has 7 aromatic rings. The first-order chi connectivity index (χ1) is 29.8. The minimum atomic E-state index is 0.0679. The van der Waals surface area contributed by atoms with Crippen molar-refractivity contribution in [1.29, 1.82) is 0 Å². The molecule has 3 nitrogen and oxygen atoms in total. The van der Waals surface area contributed by atoms with E-state index in [1.807, 2.05) is 0 Å². The third-order valence-electron chi connectivity index (χ3n) is 17.0. The Bertz CT molecular complexity index is 2910. The summed E-state index contributed by atoms with van der Waals surface area (Å²) in [4.78, 5) is 7.73. The third-order valence-corrected chi connectivity index (χ3v) is 17.0. The van der Waals surface area contributed by atoms with Gasteiger partial charge in [0.2, 0.25) is 0 Å². The number of hydrogen-bond donors (Lipinski definition) is 0. The van der Waals surface area contributed by atoms with Gasteiger partial charge in [0.05, 0.1) is 5.69 Å². The second-order valence-corrected chi connectivity index (χ2v) is 20.6. The molecular formula is C57H50BN3. The van der Waals surface area contributed by atoms with Crippen molar-refractivity contribution in [1.82, 2.24) is 0 Å². The molecule has 0 N–H and O–H groups in total. The summed E-state index contributed by atoms with van der Waals surface area (Å²) in [6, 6.07) is 62.9. The molecule has 0 aromatic heterocycles. The van der Waals surface area contributed by atoms with Gasteiger partial charge in [-0.2, -0.15) is 0 Å². The SMILES string of the molecule is CC(C)(C)c1ccc(N2c3ccc(N(c4ccccc4)c4ccccc4)cc3B3c4cccc5c4N(c4ccccc4C54C5CC6CC7CC5C4(C7)C6)c4cccc2c43)cc1. The van der Waals surface area contributed by atoms with Gasteiger partial charge in [-0.15, -0.1) is 0 Å². The fourth-order valence-electron chi connectivity index (χ4n) is 15.2. The van der Waals surface area contributed by atoms with Crippen LogP contribution in [0.4, 0.5) is 51.2 Å². The van der Waals surface area contributed by atoms with Gasteiger partial charge in [-0.3, -0.25) is 0 Å². The van der Waals surface area contributed by atoms with E-state index < -0.39 is 0 Å². The van der Waals surface area contributed by atoms with Crippen molar-refractivity contribution >= 4 is 74.3 Å². The Kier molecular flexibility index (Phi) is 6.76. The van der Waals surface area contributed by atoms with E-state index >= 15 is 0 Å². The largest absolute Gasteiger partial charge is 0.311 e. The Balaban J connectivity index is 1.05. The minimum absolute atomic E-state index is 0.0679. The second kappa shape index (κ2) is 11.9. The second-order valence-electron chi connectivity index (χ2n) is 20.6. The Morgan fingerprint density at radius 3 is 1.87 bits per heavy atom.